The third kappa shape index (κ3) is 4.19. The number of hydrogen-bond acceptors (Lipinski definition) is 4. The highest BCUT2D eigenvalue weighted by Gasteiger charge is 2.29. The monoisotopic (exact) mass is 292 g/mol. The molecule has 5 heteroatoms. The number of carboxylic acid groups (broad SMARTS) is 1. The van der Waals surface area contributed by atoms with Crippen LogP contribution in [0, 0.1) is 0 Å². The predicted molar refractivity (Wildman–Crippen MR) is 81.7 cm³/mol. The maximum Gasteiger partial charge on any atom is 0.325 e. The van der Waals surface area contributed by atoms with Crippen molar-refractivity contribution in [2.24, 2.45) is 0 Å². The molecule has 0 bridgehead atoms. The smallest absolute Gasteiger partial charge is 0.325 e. The zero-order chi connectivity index (χ0) is 15.2. The Morgan fingerprint density at radius 3 is 2.38 bits per heavy atom. The lowest BCUT2D eigenvalue weighted by molar-refractivity contribution is -0.144. The van der Waals surface area contributed by atoms with Crippen LogP contribution in [-0.4, -0.2) is 60.7 Å². The van der Waals surface area contributed by atoms with Gasteiger partial charge in [0.05, 0.1) is 6.61 Å². The van der Waals surface area contributed by atoms with Crippen LogP contribution >= 0.6 is 0 Å². The van der Waals surface area contributed by atoms with Crippen LogP contribution in [0.2, 0.25) is 0 Å². The topological polar surface area (TPSA) is 53.0 Å². The van der Waals surface area contributed by atoms with Gasteiger partial charge in [-0.2, -0.15) is 0 Å². The normalized spacial score (nSPS) is 18.4. The zero-order valence-corrected chi connectivity index (χ0v) is 12.8. The van der Waals surface area contributed by atoms with Crippen LogP contribution in [0.3, 0.4) is 0 Å². The van der Waals surface area contributed by atoms with Crippen LogP contribution in [0.5, 0.6) is 5.75 Å². The van der Waals surface area contributed by atoms with Crippen molar-refractivity contribution in [3.05, 3.63) is 29.8 Å². The highest BCUT2D eigenvalue weighted by Crippen LogP contribution is 2.24. The number of benzene rings is 1. The molecule has 116 valence electrons. The average Bonchev–Trinajstić information content (AvgIpc) is 2.48. The van der Waals surface area contributed by atoms with E-state index in [0.717, 1.165) is 43.9 Å². The molecule has 0 aromatic heterocycles. The number of rotatable bonds is 6. The fourth-order valence-electron chi connectivity index (χ4n) is 2.56. The Kier molecular flexibility index (Phi) is 5.59. The van der Waals surface area contributed by atoms with Crippen molar-refractivity contribution < 1.29 is 14.6 Å². The highest BCUT2D eigenvalue weighted by molar-refractivity contribution is 5.75. The van der Waals surface area contributed by atoms with Crippen molar-refractivity contribution in [3.63, 3.8) is 0 Å². The van der Waals surface area contributed by atoms with Gasteiger partial charge in [0.2, 0.25) is 0 Å². The van der Waals surface area contributed by atoms with Gasteiger partial charge in [0, 0.05) is 26.2 Å². The molecule has 0 spiro atoms. The summed E-state index contributed by atoms with van der Waals surface area (Å²) in [7, 11) is 2.06. The molecule has 1 aliphatic heterocycles. The number of likely N-dealkylation sites (N-methyl/N-ethyl adjacent to an activating group) is 1. The lowest BCUT2D eigenvalue weighted by atomic mass is 10.0. The lowest BCUT2D eigenvalue weighted by Gasteiger charge is -2.36. The molecular weight excluding hydrogens is 268 g/mol. The van der Waals surface area contributed by atoms with E-state index in [0.29, 0.717) is 6.61 Å². The first-order chi connectivity index (χ1) is 10.1. The van der Waals surface area contributed by atoms with E-state index in [1.165, 1.54) is 0 Å². The molecule has 21 heavy (non-hydrogen) atoms. The number of carboxylic acids is 1. The molecule has 0 saturated carbocycles. The van der Waals surface area contributed by atoms with Gasteiger partial charge < -0.3 is 14.7 Å². The molecule has 0 aliphatic carbocycles. The second-order valence-electron chi connectivity index (χ2n) is 5.50. The summed E-state index contributed by atoms with van der Waals surface area (Å²) < 4.78 is 5.54. The van der Waals surface area contributed by atoms with E-state index < -0.39 is 12.0 Å². The minimum absolute atomic E-state index is 0.570. The molecule has 5 nitrogen and oxygen atoms in total. The van der Waals surface area contributed by atoms with E-state index in [2.05, 4.69) is 18.9 Å². The molecule has 1 aromatic rings. The average molecular weight is 292 g/mol. The molecule has 1 heterocycles. The van der Waals surface area contributed by atoms with E-state index in [-0.39, 0.29) is 0 Å². The van der Waals surface area contributed by atoms with Crippen LogP contribution in [0.15, 0.2) is 24.3 Å². The Labute approximate surface area is 126 Å². The minimum atomic E-state index is -0.790. The number of ether oxygens (including phenoxy) is 1. The molecule has 1 aromatic carbocycles. The van der Waals surface area contributed by atoms with Crippen LogP contribution in [0.25, 0.3) is 0 Å². The molecule has 1 atom stereocenters. The summed E-state index contributed by atoms with van der Waals surface area (Å²) in [6.45, 7) is 6.11. The van der Waals surface area contributed by atoms with Crippen molar-refractivity contribution in [1.29, 1.82) is 0 Å². The van der Waals surface area contributed by atoms with Crippen molar-refractivity contribution in [2.45, 2.75) is 19.4 Å². The second kappa shape index (κ2) is 7.43. The molecule has 1 unspecified atom stereocenters. The SMILES string of the molecule is CCCOc1ccc(C(C(=O)O)N2CCN(C)CC2)cc1. The van der Waals surface area contributed by atoms with Crippen molar-refractivity contribution in [3.8, 4) is 5.75 Å². The fourth-order valence-corrected chi connectivity index (χ4v) is 2.56. The number of aliphatic carboxylic acids is 1. The Balaban J connectivity index is 2.09. The third-order valence-corrected chi connectivity index (χ3v) is 3.81. The largest absolute Gasteiger partial charge is 0.494 e. The standard InChI is InChI=1S/C16H24N2O3/c1-3-12-21-14-6-4-13(5-7-14)15(16(19)20)18-10-8-17(2)9-11-18/h4-7,15H,3,8-12H2,1-2H3,(H,19,20). The number of nitrogens with zero attached hydrogens (tertiary/aromatic N) is 2. The second-order valence-corrected chi connectivity index (χ2v) is 5.50. The van der Waals surface area contributed by atoms with Crippen molar-refractivity contribution >= 4 is 5.97 Å². The molecule has 0 amide bonds. The van der Waals surface area contributed by atoms with Crippen LogP contribution < -0.4 is 4.74 Å². The first kappa shape index (κ1) is 15.8. The molecule has 1 N–H and O–H groups in total. The number of piperazine rings is 1. The van der Waals surface area contributed by atoms with Gasteiger partial charge in [-0.1, -0.05) is 19.1 Å². The van der Waals surface area contributed by atoms with Crippen LogP contribution in [-0.2, 0) is 4.79 Å². The van der Waals surface area contributed by atoms with Gasteiger partial charge in [-0.05, 0) is 31.2 Å². The van der Waals surface area contributed by atoms with E-state index in [1.807, 2.05) is 29.2 Å². The summed E-state index contributed by atoms with van der Waals surface area (Å²) in [6.07, 6.45) is 0.959. The first-order valence-corrected chi connectivity index (χ1v) is 7.50. The lowest BCUT2D eigenvalue weighted by Crippen LogP contribution is -2.47. The summed E-state index contributed by atoms with van der Waals surface area (Å²) in [5, 5.41) is 9.57. The van der Waals surface area contributed by atoms with E-state index >= 15 is 0 Å². The van der Waals surface area contributed by atoms with Crippen LogP contribution in [0.4, 0.5) is 0 Å². The number of hydrogen-bond donors (Lipinski definition) is 1. The van der Waals surface area contributed by atoms with E-state index in [4.69, 9.17) is 4.74 Å². The van der Waals surface area contributed by atoms with Gasteiger partial charge in [-0.25, -0.2) is 0 Å². The Bertz CT molecular complexity index is 453. The summed E-state index contributed by atoms with van der Waals surface area (Å²) in [5.41, 5.74) is 0.816. The Morgan fingerprint density at radius 1 is 1.24 bits per heavy atom. The van der Waals surface area contributed by atoms with Gasteiger partial charge in [0.15, 0.2) is 0 Å². The zero-order valence-electron chi connectivity index (χ0n) is 12.8. The molecule has 1 aliphatic rings. The summed E-state index contributed by atoms with van der Waals surface area (Å²) >= 11 is 0. The van der Waals surface area contributed by atoms with Gasteiger partial charge in [-0.15, -0.1) is 0 Å². The maximum atomic E-state index is 11.7. The molecular formula is C16H24N2O3. The molecule has 2 rings (SSSR count). The van der Waals surface area contributed by atoms with Gasteiger partial charge in [0.1, 0.15) is 11.8 Å². The van der Waals surface area contributed by atoms with Crippen molar-refractivity contribution in [1.82, 2.24) is 9.80 Å². The first-order valence-electron chi connectivity index (χ1n) is 7.50. The summed E-state index contributed by atoms with van der Waals surface area (Å²) in [6, 6.07) is 6.87. The summed E-state index contributed by atoms with van der Waals surface area (Å²) in [4.78, 5) is 15.9. The van der Waals surface area contributed by atoms with Gasteiger partial charge in [-0.3, -0.25) is 9.69 Å². The fraction of sp³-hybridized carbons (Fsp3) is 0.562. The van der Waals surface area contributed by atoms with E-state index in [1.54, 1.807) is 0 Å². The highest BCUT2D eigenvalue weighted by atomic mass is 16.5. The minimum Gasteiger partial charge on any atom is -0.494 e. The van der Waals surface area contributed by atoms with Crippen molar-refractivity contribution in [2.75, 3.05) is 39.8 Å². The van der Waals surface area contributed by atoms with Gasteiger partial charge >= 0.3 is 5.97 Å². The van der Waals surface area contributed by atoms with Gasteiger partial charge in [0.25, 0.3) is 0 Å². The number of carbonyl (C=O) groups is 1. The maximum absolute atomic E-state index is 11.7. The Morgan fingerprint density at radius 2 is 1.86 bits per heavy atom. The van der Waals surface area contributed by atoms with Crippen LogP contribution in [0.1, 0.15) is 24.9 Å². The Hall–Kier alpha value is -1.59. The predicted octanol–water partition coefficient (Wildman–Crippen LogP) is 1.85. The molecule has 0 radical (unpaired) electrons. The third-order valence-electron chi connectivity index (χ3n) is 3.81. The molecule has 1 saturated heterocycles. The quantitative estimate of drug-likeness (QED) is 0.867. The summed E-state index contributed by atoms with van der Waals surface area (Å²) in [5.74, 6) is 0.00453. The van der Waals surface area contributed by atoms with E-state index in [9.17, 15) is 9.90 Å². The molecule has 1 fully saturated rings.